The summed E-state index contributed by atoms with van der Waals surface area (Å²) in [5.74, 6) is -0.362. The SMILES string of the molecule is COC(=O)[C@@H](N)Cc1c(C)cc(C)cc1C. The molecule has 0 heterocycles. The van der Waals surface area contributed by atoms with Gasteiger partial charge >= 0.3 is 5.97 Å². The van der Waals surface area contributed by atoms with Gasteiger partial charge < -0.3 is 10.5 Å². The second-order valence-corrected chi connectivity index (χ2v) is 4.21. The van der Waals surface area contributed by atoms with Gasteiger partial charge in [0, 0.05) is 0 Å². The Balaban J connectivity index is 2.93. The highest BCUT2D eigenvalue weighted by Gasteiger charge is 2.16. The number of rotatable bonds is 3. The van der Waals surface area contributed by atoms with Crippen molar-refractivity contribution < 1.29 is 9.53 Å². The molecule has 0 unspecified atom stereocenters. The van der Waals surface area contributed by atoms with Crippen LogP contribution >= 0.6 is 0 Å². The van der Waals surface area contributed by atoms with Gasteiger partial charge in [-0.2, -0.15) is 0 Å². The van der Waals surface area contributed by atoms with Gasteiger partial charge in [0.2, 0.25) is 0 Å². The molecule has 0 saturated heterocycles. The van der Waals surface area contributed by atoms with Gasteiger partial charge in [0.1, 0.15) is 6.04 Å². The first-order valence-electron chi connectivity index (χ1n) is 5.36. The monoisotopic (exact) mass is 221 g/mol. The Morgan fingerprint density at radius 2 is 1.81 bits per heavy atom. The number of nitrogens with two attached hydrogens (primary N) is 1. The van der Waals surface area contributed by atoms with Gasteiger partial charge in [-0.3, -0.25) is 4.79 Å². The van der Waals surface area contributed by atoms with Gasteiger partial charge in [0.05, 0.1) is 7.11 Å². The minimum absolute atomic E-state index is 0.362. The van der Waals surface area contributed by atoms with E-state index >= 15 is 0 Å². The van der Waals surface area contributed by atoms with Crippen molar-refractivity contribution in [3.05, 3.63) is 34.4 Å². The van der Waals surface area contributed by atoms with Crippen molar-refractivity contribution in [3.63, 3.8) is 0 Å². The van der Waals surface area contributed by atoms with Gasteiger partial charge in [-0.15, -0.1) is 0 Å². The number of ether oxygens (including phenoxy) is 1. The lowest BCUT2D eigenvalue weighted by Crippen LogP contribution is -2.34. The molecule has 0 aliphatic rings. The van der Waals surface area contributed by atoms with Crippen LogP contribution < -0.4 is 5.73 Å². The summed E-state index contributed by atoms with van der Waals surface area (Å²) in [6.07, 6.45) is 0.532. The normalized spacial score (nSPS) is 12.3. The van der Waals surface area contributed by atoms with Crippen molar-refractivity contribution in [2.24, 2.45) is 5.73 Å². The van der Waals surface area contributed by atoms with E-state index in [9.17, 15) is 4.79 Å². The summed E-state index contributed by atoms with van der Waals surface area (Å²) in [5, 5.41) is 0. The van der Waals surface area contributed by atoms with E-state index < -0.39 is 6.04 Å². The maximum Gasteiger partial charge on any atom is 0.322 e. The minimum atomic E-state index is -0.579. The predicted molar refractivity (Wildman–Crippen MR) is 64.3 cm³/mol. The molecule has 0 saturated carbocycles. The van der Waals surface area contributed by atoms with E-state index in [1.807, 2.05) is 13.8 Å². The lowest BCUT2D eigenvalue weighted by atomic mass is 9.95. The highest BCUT2D eigenvalue weighted by atomic mass is 16.5. The molecule has 2 N–H and O–H groups in total. The van der Waals surface area contributed by atoms with Crippen LogP contribution in [0.15, 0.2) is 12.1 Å². The number of methoxy groups -OCH3 is 1. The largest absolute Gasteiger partial charge is 0.468 e. The fourth-order valence-electron chi connectivity index (χ4n) is 1.99. The summed E-state index contributed by atoms with van der Waals surface area (Å²) in [7, 11) is 1.36. The molecule has 1 atom stereocenters. The highest BCUT2D eigenvalue weighted by Crippen LogP contribution is 2.17. The summed E-state index contributed by atoms with van der Waals surface area (Å²) in [6, 6.07) is 3.63. The van der Waals surface area contributed by atoms with Crippen LogP contribution in [0.25, 0.3) is 0 Å². The minimum Gasteiger partial charge on any atom is -0.468 e. The summed E-state index contributed by atoms with van der Waals surface area (Å²) < 4.78 is 4.62. The maximum absolute atomic E-state index is 11.3. The fraction of sp³-hybridized carbons (Fsp3) is 0.462. The number of hydrogen-bond donors (Lipinski definition) is 1. The molecule has 16 heavy (non-hydrogen) atoms. The first-order valence-corrected chi connectivity index (χ1v) is 5.36. The first-order chi connectivity index (χ1) is 7.45. The third kappa shape index (κ3) is 2.83. The molecule has 1 rings (SSSR count). The molecule has 88 valence electrons. The number of carbonyl (C=O) groups excluding carboxylic acids is 1. The topological polar surface area (TPSA) is 52.3 Å². The summed E-state index contributed by atoms with van der Waals surface area (Å²) in [6.45, 7) is 6.14. The summed E-state index contributed by atoms with van der Waals surface area (Å²) in [5.41, 5.74) is 10.5. The van der Waals surface area contributed by atoms with E-state index in [2.05, 4.69) is 23.8 Å². The van der Waals surface area contributed by atoms with Crippen LogP contribution in [0, 0.1) is 20.8 Å². The van der Waals surface area contributed by atoms with E-state index in [0.29, 0.717) is 6.42 Å². The molecule has 0 bridgehead atoms. The first kappa shape index (κ1) is 12.7. The predicted octanol–water partition coefficient (Wildman–Crippen LogP) is 1.65. The second-order valence-electron chi connectivity index (χ2n) is 4.21. The standard InChI is InChI=1S/C13H19NO2/c1-8-5-9(2)11(10(3)6-8)7-12(14)13(15)16-4/h5-6,12H,7,14H2,1-4H3/t12-/m0/s1. The Kier molecular flexibility index (Phi) is 4.07. The van der Waals surface area contributed by atoms with E-state index in [4.69, 9.17) is 5.73 Å². The van der Waals surface area contributed by atoms with Gasteiger partial charge in [-0.05, 0) is 43.9 Å². The van der Waals surface area contributed by atoms with Crippen LogP contribution in [-0.2, 0) is 16.0 Å². The number of benzene rings is 1. The third-order valence-corrected chi connectivity index (χ3v) is 2.77. The van der Waals surface area contributed by atoms with Crippen molar-refractivity contribution in [2.75, 3.05) is 7.11 Å². The smallest absolute Gasteiger partial charge is 0.322 e. The number of hydrogen-bond acceptors (Lipinski definition) is 3. The Labute approximate surface area is 96.6 Å². The fourth-order valence-corrected chi connectivity index (χ4v) is 1.99. The summed E-state index contributed by atoms with van der Waals surface area (Å²) in [4.78, 5) is 11.3. The Hall–Kier alpha value is -1.35. The maximum atomic E-state index is 11.3. The van der Waals surface area contributed by atoms with Crippen molar-refractivity contribution in [2.45, 2.75) is 33.2 Å². The zero-order chi connectivity index (χ0) is 12.3. The van der Waals surface area contributed by atoms with Gasteiger partial charge in [-0.1, -0.05) is 17.7 Å². The van der Waals surface area contributed by atoms with Crippen molar-refractivity contribution in [3.8, 4) is 0 Å². The van der Waals surface area contributed by atoms with Crippen LogP contribution in [0.2, 0.25) is 0 Å². The lowest BCUT2D eigenvalue weighted by Gasteiger charge is -2.14. The number of carbonyl (C=O) groups is 1. The second kappa shape index (κ2) is 5.12. The molecule has 0 aliphatic heterocycles. The molecular weight excluding hydrogens is 202 g/mol. The van der Waals surface area contributed by atoms with Crippen molar-refractivity contribution in [1.82, 2.24) is 0 Å². The summed E-state index contributed by atoms with van der Waals surface area (Å²) >= 11 is 0. The molecule has 0 aliphatic carbocycles. The van der Waals surface area contributed by atoms with E-state index in [1.165, 1.54) is 23.8 Å². The average Bonchev–Trinajstić information content (AvgIpc) is 2.21. The van der Waals surface area contributed by atoms with Crippen molar-refractivity contribution in [1.29, 1.82) is 0 Å². The quantitative estimate of drug-likeness (QED) is 0.790. The molecule has 0 spiro atoms. The van der Waals surface area contributed by atoms with Gasteiger partial charge in [0.25, 0.3) is 0 Å². The molecule has 0 fully saturated rings. The van der Waals surface area contributed by atoms with Crippen LogP contribution in [0.3, 0.4) is 0 Å². The molecule has 0 amide bonds. The van der Waals surface area contributed by atoms with E-state index in [-0.39, 0.29) is 5.97 Å². The molecule has 3 heteroatoms. The Morgan fingerprint density at radius 1 is 1.31 bits per heavy atom. The third-order valence-electron chi connectivity index (χ3n) is 2.77. The Morgan fingerprint density at radius 3 is 2.25 bits per heavy atom. The zero-order valence-corrected chi connectivity index (χ0v) is 10.3. The van der Waals surface area contributed by atoms with Crippen LogP contribution in [0.4, 0.5) is 0 Å². The molecule has 1 aromatic rings. The van der Waals surface area contributed by atoms with Crippen LogP contribution in [0.1, 0.15) is 22.3 Å². The molecular formula is C13H19NO2. The Bertz CT molecular complexity index is 376. The van der Waals surface area contributed by atoms with Gasteiger partial charge in [0.15, 0.2) is 0 Å². The van der Waals surface area contributed by atoms with E-state index in [1.54, 1.807) is 0 Å². The van der Waals surface area contributed by atoms with Crippen LogP contribution in [-0.4, -0.2) is 19.1 Å². The van der Waals surface area contributed by atoms with E-state index in [0.717, 1.165) is 5.56 Å². The molecule has 0 radical (unpaired) electrons. The molecule has 1 aromatic carbocycles. The van der Waals surface area contributed by atoms with Gasteiger partial charge in [-0.25, -0.2) is 0 Å². The highest BCUT2D eigenvalue weighted by molar-refractivity contribution is 5.75. The van der Waals surface area contributed by atoms with Crippen LogP contribution in [0.5, 0.6) is 0 Å². The zero-order valence-electron chi connectivity index (χ0n) is 10.3. The average molecular weight is 221 g/mol. The lowest BCUT2D eigenvalue weighted by molar-refractivity contribution is -0.142. The number of esters is 1. The molecule has 0 aromatic heterocycles. The number of aryl methyl sites for hydroxylation is 3. The molecule has 3 nitrogen and oxygen atoms in total. The van der Waals surface area contributed by atoms with Crippen molar-refractivity contribution >= 4 is 5.97 Å².